The number of β-amino-alcohol motifs (C(OH)–C–C–N with tert-alkyl or cyclic N) is 1. The number of aliphatic hydroxyl groups is 1. The summed E-state index contributed by atoms with van der Waals surface area (Å²) in [6.07, 6.45) is 1.43. The fourth-order valence-corrected chi connectivity index (χ4v) is 2.46. The SMILES string of the molecule is Cc1ccc(F)c(CNC(=O)NC[C@]2(O)CCCNC2)c1F. The topological polar surface area (TPSA) is 73.4 Å². The van der Waals surface area contributed by atoms with Crippen LogP contribution in [0.3, 0.4) is 0 Å². The second-order valence-electron chi connectivity index (χ2n) is 5.70. The van der Waals surface area contributed by atoms with Gasteiger partial charge in [0.05, 0.1) is 12.1 Å². The molecule has 1 atom stereocenters. The molecule has 1 aromatic carbocycles. The highest BCUT2D eigenvalue weighted by molar-refractivity contribution is 5.73. The van der Waals surface area contributed by atoms with Gasteiger partial charge >= 0.3 is 6.03 Å². The van der Waals surface area contributed by atoms with Gasteiger partial charge in [-0.2, -0.15) is 0 Å². The second kappa shape index (κ2) is 7.02. The van der Waals surface area contributed by atoms with E-state index in [0.29, 0.717) is 18.5 Å². The molecule has 1 heterocycles. The molecule has 2 rings (SSSR count). The van der Waals surface area contributed by atoms with E-state index in [0.717, 1.165) is 13.0 Å². The van der Waals surface area contributed by atoms with Gasteiger partial charge in [0, 0.05) is 18.7 Å². The van der Waals surface area contributed by atoms with Crippen LogP contribution in [0.5, 0.6) is 0 Å². The van der Waals surface area contributed by atoms with Gasteiger partial charge in [0.15, 0.2) is 0 Å². The van der Waals surface area contributed by atoms with Crippen molar-refractivity contribution in [3.63, 3.8) is 0 Å². The number of rotatable bonds is 4. The monoisotopic (exact) mass is 313 g/mol. The molecule has 1 saturated heterocycles. The Labute approximate surface area is 128 Å². The van der Waals surface area contributed by atoms with Crippen molar-refractivity contribution in [2.75, 3.05) is 19.6 Å². The van der Waals surface area contributed by atoms with E-state index in [1.165, 1.54) is 19.1 Å². The van der Waals surface area contributed by atoms with Gasteiger partial charge in [-0.25, -0.2) is 13.6 Å². The summed E-state index contributed by atoms with van der Waals surface area (Å²) in [6.45, 7) is 2.63. The standard InChI is InChI=1S/C15H21F2N3O2/c1-10-3-4-12(16)11(13(10)17)7-19-14(21)20-9-15(22)5-2-6-18-8-15/h3-4,18,22H,2,5-9H2,1H3,(H2,19,20,21)/t15-/m0/s1. The number of carbonyl (C=O) groups excluding carboxylic acids is 1. The largest absolute Gasteiger partial charge is 0.387 e. The lowest BCUT2D eigenvalue weighted by Crippen LogP contribution is -2.54. The fraction of sp³-hybridized carbons (Fsp3) is 0.533. The van der Waals surface area contributed by atoms with E-state index in [4.69, 9.17) is 0 Å². The van der Waals surface area contributed by atoms with E-state index in [1.807, 2.05) is 0 Å². The molecule has 1 aromatic rings. The molecule has 0 aliphatic carbocycles. The van der Waals surface area contributed by atoms with Crippen molar-refractivity contribution in [3.05, 3.63) is 34.9 Å². The van der Waals surface area contributed by atoms with Gasteiger partial charge in [-0.05, 0) is 37.9 Å². The first kappa shape index (κ1) is 16.6. The minimum Gasteiger partial charge on any atom is -0.387 e. The highest BCUT2D eigenvalue weighted by Crippen LogP contribution is 2.16. The Hall–Kier alpha value is -1.73. The summed E-state index contributed by atoms with van der Waals surface area (Å²) in [4.78, 5) is 11.7. The van der Waals surface area contributed by atoms with Gasteiger partial charge in [0.25, 0.3) is 0 Å². The maximum Gasteiger partial charge on any atom is 0.315 e. The Balaban J connectivity index is 1.84. The van der Waals surface area contributed by atoms with Crippen LogP contribution in [-0.4, -0.2) is 36.4 Å². The summed E-state index contributed by atoms with van der Waals surface area (Å²) in [5, 5.41) is 18.2. The van der Waals surface area contributed by atoms with E-state index < -0.39 is 23.3 Å². The van der Waals surface area contributed by atoms with Gasteiger partial charge in [0.1, 0.15) is 11.6 Å². The van der Waals surface area contributed by atoms with Gasteiger partial charge in [-0.15, -0.1) is 0 Å². The van der Waals surface area contributed by atoms with Crippen molar-refractivity contribution < 1.29 is 18.7 Å². The molecule has 5 nitrogen and oxygen atoms in total. The molecular formula is C15H21F2N3O2. The van der Waals surface area contributed by atoms with Crippen LogP contribution in [0.2, 0.25) is 0 Å². The summed E-state index contributed by atoms with van der Waals surface area (Å²) in [6, 6.07) is 1.95. The summed E-state index contributed by atoms with van der Waals surface area (Å²) in [5.41, 5.74) is -0.829. The number of halogens is 2. The summed E-state index contributed by atoms with van der Waals surface area (Å²) < 4.78 is 27.3. The number of piperidine rings is 1. The average molecular weight is 313 g/mol. The molecule has 7 heteroatoms. The van der Waals surface area contributed by atoms with E-state index in [9.17, 15) is 18.7 Å². The normalized spacial score (nSPS) is 21.5. The number of aryl methyl sites for hydroxylation is 1. The Bertz CT molecular complexity index is 546. The van der Waals surface area contributed by atoms with E-state index in [2.05, 4.69) is 16.0 Å². The molecule has 0 radical (unpaired) electrons. The van der Waals surface area contributed by atoms with Crippen LogP contribution in [0, 0.1) is 18.6 Å². The molecule has 0 aromatic heterocycles. The number of amides is 2. The predicted octanol–water partition coefficient (Wildman–Crippen LogP) is 1.19. The van der Waals surface area contributed by atoms with Crippen molar-refractivity contribution in [3.8, 4) is 0 Å². The molecule has 22 heavy (non-hydrogen) atoms. The van der Waals surface area contributed by atoms with Crippen molar-refractivity contribution >= 4 is 6.03 Å². The minimum absolute atomic E-state index is 0.0879. The third-order valence-corrected chi connectivity index (χ3v) is 3.83. The van der Waals surface area contributed by atoms with Crippen LogP contribution in [-0.2, 0) is 6.54 Å². The number of urea groups is 1. The Morgan fingerprint density at radius 2 is 2.18 bits per heavy atom. The summed E-state index contributed by atoms with van der Waals surface area (Å²) in [5.74, 6) is -1.35. The fourth-order valence-electron chi connectivity index (χ4n) is 2.46. The zero-order chi connectivity index (χ0) is 16.2. The first-order chi connectivity index (χ1) is 10.4. The molecule has 1 aliphatic rings. The number of carbonyl (C=O) groups is 1. The van der Waals surface area contributed by atoms with Crippen molar-refractivity contribution in [2.24, 2.45) is 0 Å². The van der Waals surface area contributed by atoms with Crippen LogP contribution in [0.25, 0.3) is 0 Å². The Morgan fingerprint density at radius 3 is 2.86 bits per heavy atom. The Kier molecular flexibility index (Phi) is 5.31. The van der Waals surface area contributed by atoms with Crippen molar-refractivity contribution in [1.82, 2.24) is 16.0 Å². The van der Waals surface area contributed by atoms with Gasteiger partial charge in [-0.1, -0.05) is 6.07 Å². The second-order valence-corrected chi connectivity index (χ2v) is 5.70. The Morgan fingerprint density at radius 1 is 1.41 bits per heavy atom. The summed E-state index contributed by atoms with van der Waals surface area (Å²) in [7, 11) is 0. The number of benzene rings is 1. The molecule has 0 unspecified atom stereocenters. The molecular weight excluding hydrogens is 292 g/mol. The summed E-state index contributed by atoms with van der Waals surface area (Å²) >= 11 is 0. The molecule has 2 amide bonds. The predicted molar refractivity (Wildman–Crippen MR) is 78.4 cm³/mol. The quantitative estimate of drug-likeness (QED) is 0.675. The lowest BCUT2D eigenvalue weighted by atomic mass is 9.94. The molecule has 122 valence electrons. The third-order valence-electron chi connectivity index (χ3n) is 3.83. The van der Waals surface area contributed by atoms with E-state index >= 15 is 0 Å². The number of hydrogen-bond acceptors (Lipinski definition) is 3. The zero-order valence-corrected chi connectivity index (χ0v) is 12.5. The highest BCUT2D eigenvalue weighted by Gasteiger charge is 2.29. The third kappa shape index (κ3) is 4.14. The van der Waals surface area contributed by atoms with Gasteiger partial charge < -0.3 is 21.1 Å². The van der Waals surface area contributed by atoms with Crippen LogP contribution >= 0.6 is 0 Å². The lowest BCUT2D eigenvalue weighted by molar-refractivity contribution is 0.0194. The number of nitrogens with one attached hydrogen (secondary N) is 3. The van der Waals surface area contributed by atoms with Gasteiger partial charge in [-0.3, -0.25) is 0 Å². The van der Waals surface area contributed by atoms with E-state index in [1.54, 1.807) is 0 Å². The maximum absolute atomic E-state index is 13.8. The maximum atomic E-state index is 13.8. The average Bonchev–Trinajstić information content (AvgIpc) is 2.50. The first-order valence-electron chi connectivity index (χ1n) is 7.29. The van der Waals surface area contributed by atoms with Crippen molar-refractivity contribution in [1.29, 1.82) is 0 Å². The molecule has 0 spiro atoms. The first-order valence-corrected chi connectivity index (χ1v) is 7.29. The van der Waals surface area contributed by atoms with Crippen LogP contribution < -0.4 is 16.0 Å². The van der Waals surface area contributed by atoms with Crippen LogP contribution in [0.15, 0.2) is 12.1 Å². The van der Waals surface area contributed by atoms with Crippen LogP contribution in [0.4, 0.5) is 13.6 Å². The number of hydrogen-bond donors (Lipinski definition) is 4. The van der Waals surface area contributed by atoms with Crippen LogP contribution in [0.1, 0.15) is 24.0 Å². The van der Waals surface area contributed by atoms with Crippen molar-refractivity contribution in [2.45, 2.75) is 31.9 Å². The molecule has 4 N–H and O–H groups in total. The smallest absolute Gasteiger partial charge is 0.315 e. The molecule has 1 aliphatic heterocycles. The molecule has 0 bridgehead atoms. The van der Waals surface area contributed by atoms with Gasteiger partial charge in [0.2, 0.25) is 0 Å². The molecule has 1 fully saturated rings. The highest BCUT2D eigenvalue weighted by atomic mass is 19.1. The zero-order valence-electron chi connectivity index (χ0n) is 12.5. The molecule has 0 saturated carbocycles. The van der Waals surface area contributed by atoms with E-state index in [-0.39, 0.29) is 18.7 Å². The minimum atomic E-state index is -0.977. The lowest BCUT2D eigenvalue weighted by Gasteiger charge is -2.32.